The number of rotatable bonds is 2. The molecule has 0 radical (unpaired) electrons. The van der Waals surface area contributed by atoms with E-state index in [1.165, 1.54) is 0 Å². The van der Waals surface area contributed by atoms with Crippen molar-refractivity contribution in [2.24, 2.45) is 0 Å². The van der Waals surface area contributed by atoms with Crippen LogP contribution in [0.2, 0.25) is 0 Å². The van der Waals surface area contributed by atoms with Gasteiger partial charge in [-0.3, -0.25) is 14.9 Å². The molecule has 2 aromatic carbocycles. The molecule has 0 spiro atoms. The van der Waals surface area contributed by atoms with Crippen molar-refractivity contribution in [3.63, 3.8) is 0 Å². The summed E-state index contributed by atoms with van der Waals surface area (Å²) in [6.07, 6.45) is 0.914. The highest BCUT2D eigenvalue weighted by Crippen LogP contribution is 2.29. The first-order valence-electron chi connectivity index (χ1n) is 7.44. The van der Waals surface area contributed by atoms with Crippen LogP contribution in [0.4, 0.5) is 4.79 Å². The second-order valence-corrected chi connectivity index (χ2v) is 5.40. The smallest absolute Gasteiger partial charge is 0.322 e. The molecule has 1 aliphatic carbocycles. The third-order valence-corrected chi connectivity index (χ3v) is 3.87. The predicted octanol–water partition coefficient (Wildman–Crippen LogP) is 2.84. The van der Waals surface area contributed by atoms with Crippen molar-refractivity contribution < 1.29 is 14.4 Å². The lowest BCUT2D eigenvalue weighted by molar-refractivity contribution is 0.0946. The molecule has 3 amide bonds. The summed E-state index contributed by atoms with van der Waals surface area (Å²) in [4.78, 5) is 35.9. The van der Waals surface area contributed by atoms with Crippen molar-refractivity contribution in [3.8, 4) is 0 Å². The maximum atomic E-state index is 12.1. The van der Waals surface area contributed by atoms with Crippen LogP contribution in [-0.4, -0.2) is 17.7 Å². The molecular weight excluding hydrogens is 292 g/mol. The molecule has 1 unspecified atom stereocenters. The fourth-order valence-electron chi connectivity index (χ4n) is 2.73. The van der Waals surface area contributed by atoms with Gasteiger partial charge in [-0.1, -0.05) is 42.5 Å². The first-order chi connectivity index (χ1) is 11.1. The third-order valence-electron chi connectivity index (χ3n) is 3.87. The topological polar surface area (TPSA) is 75.3 Å². The van der Waals surface area contributed by atoms with Crippen LogP contribution in [0.1, 0.15) is 45.2 Å². The van der Waals surface area contributed by atoms with Crippen LogP contribution in [0.15, 0.2) is 54.6 Å². The lowest BCUT2D eigenvalue weighted by Crippen LogP contribution is -2.42. The lowest BCUT2D eigenvalue weighted by Gasteiger charge is -2.25. The van der Waals surface area contributed by atoms with Gasteiger partial charge in [-0.2, -0.15) is 0 Å². The van der Waals surface area contributed by atoms with Crippen molar-refractivity contribution in [1.82, 2.24) is 10.6 Å². The minimum absolute atomic E-state index is 0.0828. The van der Waals surface area contributed by atoms with E-state index in [1.54, 1.807) is 42.5 Å². The first kappa shape index (κ1) is 15.0. The molecule has 0 bridgehead atoms. The SMILES string of the molecule is O=C(NC(=O)c1ccccc1)NC1CCC(=O)c2ccccc21. The van der Waals surface area contributed by atoms with Gasteiger partial charge in [0.05, 0.1) is 6.04 Å². The highest BCUT2D eigenvalue weighted by atomic mass is 16.2. The molecule has 1 atom stereocenters. The Bertz CT molecular complexity index is 756. The molecule has 3 rings (SSSR count). The van der Waals surface area contributed by atoms with Crippen molar-refractivity contribution >= 4 is 17.7 Å². The van der Waals surface area contributed by atoms with Gasteiger partial charge in [0.2, 0.25) is 0 Å². The first-order valence-corrected chi connectivity index (χ1v) is 7.44. The number of amides is 3. The van der Waals surface area contributed by atoms with E-state index in [4.69, 9.17) is 0 Å². The van der Waals surface area contributed by atoms with Crippen molar-refractivity contribution in [2.75, 3.05) is 0 Å². The zero-order valence-corrected chi connectivity index (χ0v) is 12.4. The monoisotopic (exact) mass is 308 g/mol. The van der Waals surface area contributed by atoms with Crippen LogP contribution in [0.25, 0.3) is 0 Å². The number of hydrogen-bond donors (Lipinski definition) is 2. The number of carbonyl (C=O) groups excluding carboxylic acids is 3. The number of fused-ring (bicyclic) bond motifs is 1. The number of nitrogens with one attached hydrogen (secondary N) is 2. The molecule has 5 nitrogen and oxygen atoms in total. The summed E-state index contributed by atoms with van der Waals surface area (Å²) in [7, 11) is 0. The standard InChI is InChI=1S/C18H16N2O3/c21-16-11-10-15(13-8-4-5-9-14(13)16)19-18(23)20-17(22)12-6-2-1-3-7-12/h1-9,15H,10-11H2,(H2,19,20,22,23). The molecule has 0 aliphatic heterocycles. The maximum Gasteiger partial charge on any atom is 0.322 e. The highest BCUT2D eigenvalue weighted by Gasteiger charge is 2.26. The van der Waals surface area contributed by atoms with E-state index in [9.17, 15) is 14.4 Å². The number of urea groups is 1. The summed E-state index contributed by atoms with van der Waals surface area (Å²) < 4.78 is 0. The average Bonchev–Trinajstić information content (AvgIpc) is 2.58. The van der Waals surface area contributed by atoms with Crippen LogP contribution < -0.4 is 10.6 Å². The summed E-state index contributed by atoms with van der Waals surface area (Å²) in [5.74, 6) is -0.373. The summed E-state index contributed by atoms with van der Waals surface area (Å²) in [5, 5.41) is 5.08. The number of Topliss-reactive ketones (excluding diaryl/α,β-unsaturated/α-hetero) is 1. The van der Waals surface area contributed by atoms with Gasteiger partial charge in [-0.05, 0) is 24.1 Å². The van der Waals surface area contributed by atoms with E-state index < -0.39 is 11.9 Å². The van der Waals surface area contributed by atoms with Crippen molar-refractivity contribution in [2.45, 2.75) is 18.9 Å². The molecule has 0 aromatic heterocycles. The molecule has 2 N–H and O–H groups in total. The Hall–Kier alpha value is -2.95. The summed E-state index contributed by atoms with van der Waals surface area (Å²) in [6.45, 7) is 0. The van der Waals surface area contributed by atoms with E-state index in [1.807, 2.05) is 12.1 Å². The summed E-state index contributed by atoms with van der Waals surface area (Å²) in [5.41, 5.74) is 1.85. The van der Waals surface area contributed by atoms with Gasteiger partial charge in [0.1, 0.15) is 0 Å². The Kier molecular flexibility index (Phi) is 4.19. The molecule has 1 aliphatic rings. The second kappa shape index (κ2) is 6.44. The number of imide groups is 1. The lowest BCUT2D eigenvalue weighted by atomic mass is 9.87. The highest BCUT2D eigenvalue weighted by molar-refractivity contribution is 6.04. The van der Waals surface area contributed by atoms with Crippen molar-refractivity contribution in [1.29, 1.82) is 0 Å². The van der Waals surface area contributed by atoms with E-state index >= 15 is 0 Å². The van der Waals surface area contributed by atoms with Gasteiger partial charge in [0.25, 0.3) is 5.91 Å². The minimum atomic E-state index is -0.562. The van der Waals surface area contributed by atoms with Crippen LogP contribution in [0.5, 0.6) is 0 Å². The molecular formula is C18H16N2O3. The molecule has 0 fully saturated rings. The van der Waals surface area contributed by atoms with Crippen molar-refractivity contribution in [3.05, 3.63) is 71.3 Å². The van der Waals surface area contributed by atoms with Gasteiger partial charge in [0, 0.05) is 17.5 Å². The Morgan fingerprint density at radius 1 is 0.957 bits per heavy atom. The second-order valence-electron chi connectivity index (χ2n) is 5.40. The largest absolute Gasteiger partial charge is 0.331 e. The average molecular weight is 308 g/mol. The fourth-order valence-corrected chi connectivity index (χ4v) is 2.73. The molecule has 2 aromatic rings. The Labute approximate surface area is 133 Å². The van der Waals surface area contributed by atoms with E-state index in [0.717, 1.165) is 5.56 Å². The maximum absolute atomic E-state index is 12.1. The van der Waals surface area contributed by atoms with Crippen LogP contribution in [-0.2, 0) is 0 Å². The van der Waals surface area contributed by atoms with Crippen LogP contribution in [0, 0.1) is 0 Å². The molecule has 0 saturated heterocycles. The van der Waals surface area contributed by atoms with E-state index in [-0.39, 0.29) is 11.8 Å². The van der Waals surface area contributed by atoms with Gasteiger partial charge in [-0.25, -0.2) is 4.79 Å². The normalized spacial score (nSPS) is 16.3. The van der Waals surface area contributed by atoms with Gasteiger partial charge in [-0.15, -0.1) is 0 Å². The van der Waals surface area contributed by atoms with E-state index in [0.29, 0.717) is 24.0 Å². The number of hydrogen-bond acceptors (Lipinski definition) is 3. The zero-order valence-electron chi connectivity index (χ0n) is 12.4. The van der Waals surface area contributed by atoms with Gasteiger partial charge >= 0.3 is 6.03 Å². The van der Waals surface area contributed by atoms with Gasteiger partial charge in [0.15, 0.2) is 5.78 Å². The summed E-state index contributed by atoms with van der Waals surface area (Å²) >= 11 is 0. The minimum Gasteiger partial charge on any atom is -0.331 e. The summed E-state index contributed by atoms with van der Waals surface area (Å²) in [6, 6.07) is 14.9. The number of carbonyl (C=O) groups is 3. The Morgan fingerprint density at radius 3 is 2.43 bits per heavy atom. The van der Waals surface area contributed by atoms with Crippen LogP contribution >= 0.6 is 0 Å². The van der Waals surface area contributed by atoms with Gasteiger partial charge < -0.3 is 5.32 Å². The Balaban J connectivity index is 1.68. The van der Waals surface area contributed by atoms with Crippen LogP contribution in [0.3, 0.4) is 0 Å². The fraction of sp³-hybridized carbons (Fsp3) is 0.167. The molecule has 5 heteroatoms. The predicted molar refractivity (Wildman–Crippen MR) is 85.2 cm³/mol. The number of benzene rings is 2. The molecule has 0 heterocycles. The number of ketones is 1. The molecule has 116 valence electrons. The molecule has 0 saturated carbocycles. The quantitative estimate of drug-likeness (QED) is 0.895. The third kappa shape index (κ3) is 3.29. The van der Waals surface area contributed by atoms with E-state index in [2.05, 4.69) is 10.6 Å². The molecule has 23 heavy (non-hydrogen) atoms. The zero-order chi connectivity index (χ0) is 16.2. The Morgan fingerprint density at radius 2 is 1.65 bits per heavy atom.